The topological polar surface area (TPSA) is 37.4 Å². The smallest absolute Gasteiger partial charge is 0.203 e. The minimum Gasteiger partial charge on any atom is -0.203 e. The van der Waals surface area contributed by atoms with Gasteiger partial charge in [-0.2, -0.15) is 17.5 Å². The van der Waals surface area contributed by atoms with Crippen LogP contribution in [-0.4, -0.2) is 44.0 Å². The summed E-state index contributed by atoms with van der Waals surface area (Å²) in [6.07, 6.45) is -0.0665. The zero-order valence-corrected chi connectivity index (χ0v) is 10.7. The van der Waals surface area contributed by atoms with E-state index in [1.165, 1.54) is 0 Å². The third-order valence-electron chi connectivity index (χ3n) is 2.43. The van der Waals surface area contributed by atoms with Gasteiger partial charge in [0.1, 0.15) is 0 Å². The van der Waals surface area contributed by atoms with Gasteiger partial charge in [0.15, 0.2) is 0 Å². The van der Waals surface area contributed by atoms with E-state index in [4.69, 9.17) is 11.6 Å². The van der Waals surface area contributed by atoms with Gasteiger partial charge < -0.3 is 0 Å². The van der Waals surface area contributed by atoms with Crippen molar-refractivity contribution in [2.24, 2.45) is 0 Å². The van der Waals surface area contributed by atoms with Crippen molar-refractivity contribution in [1.82, 2.24) is 4.31 Å². The first-order chi connectivity index (χ1) is 6.48. The SMILES string of the molecule is C[Si]1(C)CN(S(=O)(=O)C(F)(F)F)CC1Cl. The summed E-state index contributed by atoms with van der Waals surface area (Å²) < 4.78 is 59.2. The second kappa shape index (κ2) is 3.61. The molecule has 3 nitrogen and oxygen atoms in total. The summed E-state index contributed by atoms with van der Waals surface area (Å²) in [7, 11) is -7.28. The summed E-state index contributed by atoms with van der Waals surface area (Å²) in [5.41, 5.74) is -5.22. The Morgan fingerprint density at radius 2 is 1.87 bits per heavy atom. The van der Waals surface area contributed by atoms with Crippen molar-refractivity contribution < 1.29 is 21.6 Å². The maximum Gasteiger partial charge on any atom is 0.511 e. The van der Waals surface area contributed by atoms with Gasteiger partial charge in [-0.25, -0.2) is 8.42 Å². The molecule has 90 valence electrons. The Labute approximate surface area is 92.3 Å². The number of hydrogen-bond acceptors (Lipinski definition) is 2. The van der Waals surface area contributed by atoms with Gasteiger partial charge in [-0.3, -0.25) is 0 Å². The third kappa shape index (κ3) is 2.32. The van der Waals surface area contributed by atoms with Crippen molar-refractivity contribution in [3.8, 4) is 0 Å². The van der Waals surface area contributed by atoms with E-state index < -0.39 is 28.6 Å². The van der Waals surface area contributed by atoms with Crippen LogP contribution in [0.3, 0.4) is 0 Å². The Morgan fingerprint density at radius 3 is 2.13 bits per heavy atom. The second-order valence-corrected chi connectivity index (χ2v) is 12.0. The average Bonchev–Trinajstić information content (AvgIpc) is 2.24. The Kier molecular flexibility index (Phi) is 3.19. The van der Waals surface area contributed by atoms with Crippen LogP contribution in [0.1, 0.15) is 0 Å². The van der Waals surface area contributed by atoms with Gasteiger partial charge in [0, 0.05) is 17.7 Å². The maximum atomic E-state index is 12.2. The van der Waals surface area contributed by atoms with Gasteiger partial charge in [0.2, 0.25) is 0 Å². The van der Waals surface area contributed by atoms with Crippen LogP contribution >= 0.6 is 11.6 Å². The normalized spacial score (nSPS) is 28.3. The molecule has 15 heavy (non-hydrogen) atoms. The molecule has 1 atom stereocenters. The van der Waals surface area contributed by atoms with E-state index in [0.717, 1.165) is 0 Å². The first-order valence-electron chi connectivity index (χ1n) is 4.19. The van der Waals surface area contributed by atoms with Crippen molar-refractivity contribution in [2.75, 3.05) is 12.7 Å². The molecule has 9 heteroatoms. The Morgan fingerprint density at radius 1 is 1.40 bits per heavy atom. The second-order valence-electron chi connectivity index (χ2n) is 4.20. The summed E-state index contributed by atoms with van der Waals surface area (Å²) in [6, 6.07) is 0. The Bertz CT molecular complexity index is 356. The molecule has 0 aliphatic carbocycles. The predicted molar refractivity (Wildman–Crippen MR) is 53.7 cm³/mol. The third-order valence-corrected chi connectivity index (χ3v) is 9.19. The maximum absolute atomic E-state index is 12.2. The number of hydrogen-bond donors (Lipinski definition) is 0. The van der Waals surface area contributed by atoms with Gasteiger partial charge in [-0.1, -0.05) is 13.1 Å². The summed E-state index contributed by atoms with van der Waals surface area (Å²) in [5.74, 6) is 0. The highest BCUT2D eigenvalue weighted by molar-refractivity contribution is 7.90. The molecule has 1 aliphatic heterocycles. The van der Waals surface area contributed by atoms with Crippen LogP contribution in [-0.2, 0) is 10.0 Å². The zero-order valence-electron chi connectivity index (χ0n) is 8.18. The molecule has 0 aromatic rings. The molecule has 1 heterocycles. The van der Waals surface area contributed by atoms with Crippen molar-refractivity contribution in [3.63, 3.8) is 0 Å². The van der Waals surface area contributed by atoms with E-state index in [1.807, 2.05) is 0 Å². The summed E-state index contributed by atoms with van der Waals surface area (Å²) >= 11 is 5.84. The molecule has 0 amide bonds. The molecule has 0 bridgehead atoms. The van der Waals surface area contributed by atoms with Gasteiger partial charge in [0.25, 0.3) is 0 Å². The van der Waals surface area contributed by atoms with Crippen molar-refractivity contribution in [3.05, 3.63) is 0 Å². The van der Waals surface area contributed by atoms with E-state index in [9.17, 15) is 21.6 Å². The van der Waals surface area contributed by atoms with Crippen molar-refractivity contribution in [1.29, 1.82) is 0 Å². The minimum atomic E-state index is -5.22. The molecular formula is C6H11ClF3NO2SSi. The summed E-state index contributed by atoms with van der Waals surface area (Å²) in [6.45, 7) is 3.32. The van der Waals surface area contributed by atoms with E-state index >= 15 is 0 Å². The van der Waals surface area contributed by atoms with Crippen LogP contribution in [0.25, 0.3) is 0 Å². The van der Waals surface area contributed by atoms with Gasteiger partial charge in [-0.15, -0.1) is 11.6 Å². The summed E-state index contributed by atoms with van der Waals surface area (Å²) in [4.78, 5) is 0. The lowest BCUT2D eigenvalue weighted by Gasteiger charge is -2.19. The van der Waals surface area contributed by atoms with Gasteiger partial charge >= 0.3 is 15.5 Å². The van der Waals surface area contributed by atoms with Crippen LogP contribution in [0.5, 0.6) is 0 Å². The fourth-order valence-electron chi connectivity index (χ4n) is 1.37. The highest BCUT2D eigenvalue weighted by atomic mass is 35.5. The van der Waals surface area contributed by atoms with Crippen LogP contribution < -0.4 is 0 Å². The zero-order chi connectivity index (χ0) is 12.1. The molecule has 1 unspecified atom stereocenters. The standard InChI is InChI=1S/C6H11ClF3NO2SSi/c1-15(2)4-11(3-5(15)7)14(12,13)6(8,9)10/h5H,3-4H2,1-2H3. The van der Waals surface area contributed by atoms with Gasteiger partial charge in [-0.05, 0) is 0 Å². The first-order valence-corrected chi connectivity index (χ1v) is 9.35. The monoisotopic (exact) mass is 281 g/mol. The number of nitrogens with zero attached hydrogens (tertiary/aromatic N) is 1. The molecule has 0 radical (unpaired) electrons. The average molecular weight is 282 g/mol. The number of rotatable bonds is 1. The summed E-state index contributed by atoms with van der Waals surface area (Å²) in [5, 5.41) is -0.463. The van der Waals surface area contributed by atoms with E-state index in [2.05, 4.69) is 0 Å². The molecule has 0 aromatic carbocycles. The number of alkyl halides is 4. The molecule has 1 fully saturated rings. The minimum absolute atomic E-state index is 0.0665. The van der Waals surface area contributed by atoms with Gasteiger partial charge in [0.05, 0.1) is 8.07 Å². The molecule has 0 N–H and O–H groups in total. The fraction of sp³-hybridized carbons (Fsp3) is 1.00. The highest BCUT2D eigenvalue weighted by Gasteiger charge is 2.55. The van der Waals surface area contributed by atoms with E-state index in [0.29, 0.717) is 4.31 Å². The predicted octanol–water partition coefficient (Wildman–Crippen LogP) is 1.55. The first kappa shape index (κ1) is 13.3. The van der Waals surface area contributed by atoms with Crippen LogP contribution in [0.4, 0.5) is 13.2 Å². The largest absolute Gasteiger partial charge is 0.511 e. The van der Waals surface area contributed by atoms with E-state index in [1.54, 1.807) is 13.1 Å². The number of sulfonamides is 1. The molecule has 0 saturated carbocycles. The number of halogens is 4. The Balaban J connectivity index is 2.96. The lowest BCUT2D eigenvalue weighted by atomic mass is 10.8. The Hall–Kier alpha value is 0.207. The van der Waals surface area contributed by atoms with Crippen molar-refractivity contribution >= 4 is 29.7 Å². The van der Waals surface area contributed by atoms with E-state index in [-0.39, 0.29) is 12.7 Å². The molecule has 0 spiro atoms. The molecular weight excluding hydrogens is 271 g/mol. The van der Waals surface area contributed by atoms with Crippen LogP contribution in [0.2, 0.25) is 13.1 Å². The fourth-order valence-corrected chi connectivity index (χ4v) is 6.23. The van der Waals surface area contributed by atoms with Crippen LogP contribution in [0, 0.1) is 0 Å². The molecule has 1 aliphatic rings. The lowest BCUT2D eigenvalue weighted by molar-refractivity contribution is -0.0482. The molecule has 0 aromatic heterocycles. The van der Waals surface area contributed by atoms with Crippen molar-refractivity contribution in [2.45, 2.75) is 23.6 Å². The quantitative estimate of drug-likeness (QED) is 0.540. The highest BCUT2D eigenvalue weighted by Crippen LogP contribution is 2.33. The van der Waals surface area contributed by atoms with Crippen LogP contribution in [0.15, 0.2) is 0 Å². The molecule has 1 rings (SSSR count). The lowest BCUT2D eigenvalue weighted by Crippen LogP contribution is -2.42. The molecule has 1 saturated heterocycles.